The van der Waals surface area contributed by atoms with Crippen molar-refractivity contribution in [3.8, 4) is 5.75 Å². The van der Waals surface area contributed by atoms with Crippen LogP contribution in [0.3, 0.4) is 0 Å². The second-order valence-corrected chi connectivity index (χ2v) is 8.66. The van der Waals surface area contributed by atoms with Crippen molar-refractivity contribution < 1.29 is 39.3 Å². The largest absolute Gasteiger partial charge is 0.871 e. The van der Waals surface area contributed by atoms with Gasteiger partial charge in [0.2, 0.25) is 11.6 Å². The smallest absolute Gasteiger partial charge is 0.233 e. The van der Waals surface area contributed by atoms with Crippen molar-refractivity contribution in [2.75, 3.05) is 57.5 Å². The molecule has 0 saturated carbocycles. The second kappa shape index (κ2) is 9.09. The van der Waals surface area contributed by atoms with Crippen LogP contribution in [0, 0.1) is 0 Å². The normalized spacial score (nSPS) is 26.4. The Balaban J connectivity index is 1.48. The van der Waals surface area contributed by atoms with Crippen molar-refractivity contribution in [2.45, 2.75) is 6.04 Å². The van der Waals surface area contributed by atoms with E-state index < -0.39 is 17.3 Å². The van der Waals surface area contributed by atoms with Crippen molar-refractivity contribution in [3.05, 3.63) is 64.7 Å². The lowest BCUT2D eigenvalue weighted by molar-refractivity contribution is -0.919. The Labute approximate surface area is 196 Å². The van der Waals surface area contributed by atoms with E-state index >= 15 is 0 Å². The van der Waals surface area contributed by atoms with E-state index in [4.69, 9.17) is 9.47 Å². The zero-order valence-corrected chi connectivity index (χ0v) is 18.6. The lowest BCUT2D eigenvalue weighted by atomic mass is 9.96. The number of hydrogen-bond donors (Lipinski definition) is 3. The van der Waals surface area contributed by atoms with Gasteiger partial charge in [-0.05, 0) is 24.3 Å². The highest BCUT2D eigenvalue weighted by Crippen LogP contribution is 2.39. The summed E-state index contributed by atoms with van der Waals surface area (Å²) in [4.78, 5) is 28.8. The molecule has 2 heterocycles. The molecular weight excluding hydrogens is 440 g/mol. The number of Topliss-reactive ketones (excluding diaryl/α,β-unsaturated/α-hetero) is 2. The number of allylic oxidation sites excluding steroid dienone is 3. The predicted octanol–water partition coefficient (Wildman–Crippen LogP) is -0.956. The Bertz CT molecular complexity index is 1150. The minimum atomic E-state index is -0.982. The number of nitrogens with one attached hydrogen (secondary N) is 1. The van der Waals surface area contributed by atoms with E-state index in [0.717, 1.165) is 18.8 Å². The highest BCUT2D eigenvalue weighted by atomic mass is 16.5. The van der Waals surface area contributed by atoms with Crippen LogP contribution in [0.1, 0.15) is 5.56 Å². The van der Waals surface area contributed by atoms with E-state index in [1.807, 2.05) is 11.0 Å². The van der Waals surface area contributed by atoms with Crippen LogP contribution in [-0.4, -0.2) is 80.4 Å². The van der Waals surface area contributed by atoms with Crippen molar-refractivity contribution in [3.63, 3.8) is 0 Å². The zero-order chi connectivity index (χ0) is 23.8. The number of nitrogens with zero attached hydrogens (tertiary/aromatic N) is 1. The van der Waals surface area contributed by atoms with Crippen LogP contribution in [-0.2, 0) is 19.1 Å². The highest BCUT2D eigenvalue weighted by molar-refractivity contribution is 6.63. The van der Waals surface area contributed by atoms with E-state index in [1.54, 1.807) is 12.1 Å². The first kappa shape index (κ1) is 22.4. The molecule has 1 aromatic carbocycles. The van der Waals surface area contributed by atoms with E-state index in [1.165, 1.54) is 23.1 Å². The van der Waals surface area contributed by atoms with Crippen LogP contribution >= 0.6 is 0 Å². The second-order valence-electron chi connectivity index (χ2n) is 8.66. The first-order valence-corrected chi connectivity index (χ1v) is 11.4. The fourth-order valence-electron chi connectivity index (χ4n) is 4.83. The molecule has 2 aliphatic heterocycles. The number of ketones is 2. The Morgan fingerprint density at radius 1 is 0.971 bits per heavy atom. The molecule has 178 valence electrons. The first-order valence-electron chi connectivity index (χ1n) is 11.4. The standard InChI is InChI=1S/C25H26N2O7/c28-19-13-15(26-5-9-33-10-6-26)1-3-17(19)21-23(30)22(25(32)24(21)31)18-4-2-16(14-20(18)29)27-7-11-34-12-8-27/h1-4,13-15,28-30H,5-12H2/b21-17-. The molecule has 1 unspecified atom stereocenters. The quantitative estimate of drug-likeness (QED) is 0.385. The molecule has 0 bridgehead atoms. The summed E-state index contributed by atoms with van der Waals surface area (Å²) in [6, 6.07) is 4.56. The molecular formula is C25H26N2O7. The Kier molecular flexibility index (Phi) is 5.99. The third-order valence-electron chi connectivity index (χ3n) is 6.70. The fourth-order valence-corrected chi connectivity index (χ4v) is 4.83. The van der Waals surface area contributed by atoms with E-state index in [2.05, 4.69) is 0 Å². The van der Waals surface area contributed by atoms with Gasteiger partial charge in [0, 0.05) is 53.2 Å². The molecule has 5 rings (SSSR count). The van der Waals surface area contributed by atoms with Crippen molar-refractivity contribution in [1.29, 1.82) is 0 Å². The minimum Gasteiger partial charge on any atom is -0.871 e. The van der Waals surface area contributed by atoms with Crippen LogP contribution in [0.5, 0.6) is 5.75 Å². The van der Waals surface area contributed by atoms with Gasteiger partial charge in [-0.2, -0.15) is 0 Å². The number of phenolic OH excluding ortho intramolecular Hbond substituents is 1. The van der Waals surface area contributed by atoms with Gasteiger partial charge in [0.15, 0.2) is 0 Å². The molecule has 2 fully saturated rings. The van der Waals surface area contributed by atoms with Crippen LogP contribution in [0.25, 0.3) is 5.57 Å². The molecule has 2 saturated heterocycles. The van der Waals surface area contributed by atoms with Crippen LogP contribution in [0.2, 0.25) is 0 Å². The lowest BCUT2D eigenvalue weighted by Gasteiger charge is -2.30. The Morgan fingerprint density at radius 3 is 2.32 bits per heavy atom. The summed E-state index contributed by atoms with van der Waals surface area (Å²) in [5.74, 6) is -3.21. The topological polar surface area (TPSA) is 124 Å². The van der Waals surface area contributed by atoms with Crippen molar-refractivity contribution in [1.82, 2.24) is 0 Å². The third kappa shape index (κ3) is 3.91. The maximum absolute atomic E-state index is 13.2. The molecule has 9 heteroatoms. The molecule has 1 atom stereocenters. The van der Waals surface area contributed by atoms with Crippen molar-refractivity contribution >= 4 is 22.8 Å². The molecule has 1 aromatic rings. The van der Waals surface area contributed by atoms with E-state index in [-0.39, 0.29) is 39.8 Å². The number of aromatic hydroxyl groups is 1. The maximum atomic E-state index is 13.2. The predicted molar refractivity (Wildman–Crippen MR) is 120 cm³/mol. The van der Waals surface area contributed by atoms with Gasteiger partial charge in [0.1, 0.15) is 30.6 Å². The van der Waals surface area contributed by atoms with E-state index in [9.17, 15) is 24.9 Å². The summed E-state index contributed by atoms with van der Waals surface area (Å²) >= 11 is 0. The number of aliphatic hydroxyl groups excluding tert-OH is 1. The lowest BCUT2D eigenvalue weighted by Crippen LogP contribution is -3.17. The molecule has 0 aromatic heterocycles. The summed E-state index contributed by atoms with van der Waals surface area (Å²) in [6.07, 6.45) is 4.95. The Morgan fingerprint density at radius 2 is 1.65 bits per heavy atom. The number of phenols is 1. The molecule has 0 spiro atoms. The monoisotopic (exact) mass is 466 g/mol. The minimum absolute atomic E-state index is 0.00913. The van der Waals surface area contributed by atoms with Crippen LogP contribution < -0.4 is 14.9 Å². The average molecular weight is 466 g/mol. The SMILES string of the molecule is O=C1C(=O)/C(=C2/C=CC([NH+]3CCOCC3)C=C2O)C([O-])=C1c1ccc(N2CCOCC2)cc1O. The first-order chi connectivity index (χ1) is 16.5. The Hall–Kier alpha value is -3.40. The third-order valence-corrected chi connectivity index (χ3v) is 6.70. The number of aliphatic hydroxyl groups is 1. The van der Waals surface area contributed by atoms with Gasteiger partial charge < -0.3 is 34.6 Å². The summed E-state index contributed by atoms with van der Waals surface area (Å²) in [7, 11) is 0. The molecule has 4 aliphatic rings. The maximum Gasteiger partial charge on any atom is 0.233 e. The number of benzene rings is 1. The zero-order valence-electron chi connectivity index (χ0n) is 18.6. The number of rotatable bonds is 3. The van der Waals surface area contributed by atoms with Gasteiger partial charge in [0.05, 0.1) is 26.4 Å². The van der Waals surface area contributed by atoms with Gasteiger partial charge in [-0.25, -0.2) is 0 Å². The summed E-state index contributed by atoms with van der Waals surface area (Å²) in [6.45, 7) is 5.26. The van der Waals surface area contributed by atoms with Crippen molar-refractivity contribution in [2.24, 2.45) is 0 Å². The number of morpholine rings is 2. The van der Waals surface area contributed by atoms with Gasteiger partial charge in [-0.3, -0.25) is 9.59 Å². The molecule has 34 heavy (non-hydrogen) atoms. The van der Waals surface area contributed by atoms with Crippen LogP contribution in [0.15, 0.2) is 59.1 Å². The number of ether oxygens (including phenoxy) is 2. The highest BCUT2D eigenvalue weighted by Gasteiger charge is 2.37. The summed E-state index contributed by atoms with van der Waals surface area (Å²) < 4.78 is 10.7. The number of quaternary nitrogens is 1. The van der Waals surface area contributed by atoms with Gasteiger partial charge in [0.25, 0.3) is 0 Å². The molecule has 0 amide bonds. The number of hydrogen-bond acceptors (Lipinski definition) is 8. The number of anilines is 1. The fraction of sp³-hybridized carbons (Fsp3) is 0.360. The van der Waals surface area contributed by atoms with Gasteiger partial charge in [-0.1, -0.05) is 5.76 Å². The summed E-state index contributed by atoms with van der Waals surface area (Å²) in [5, 5.41) is 34.5. The van der Waals surface area contributed by atoms with Gasteiger partial charge >= 0.3 is 0 Å². The van der Waals surface area contributed by atoms with Crippen LogP contribution in [0.4, 0.5) is 5.69 Å². The molecule has 3 N–H and O–H groups in total. The number of carbonyl (C=O) groups is 2. The average Bonchev–Trinajstić information content (AvgIpc) is 3.08. The van der Waals surface area contributed by atoms with E-state index in [0.29, 0.717) is 39.5 Å². The molecule has 0 radical (unpaired) electrons. The molecule has 9 nitrogen and oxygen atoms in total. The summed E-state index contributed by atoms with van der Waals surface area (Å²) in [5.41, 5.74) is 0.0414. The number of carbonyl (C=O) groups excluding carboxylic acids is 2. The molecule has 2 aliphatic carbocycles. The van der Waals surface area contributed by atoms with Gasteiger partial charge in [-0.15, -0.1) is 0 Å².